The summed E-state index contributed by atoms with van der Waals surface area (Å²) in [6.45, 7) is 0. The first-order chi connectivity index (χ1) is 4.81. The van der Waals surface area contributed by atoms with E-state index < -0.39 is 0 Å². The molecular formula is C8H11NO2. The normalized spacial score (nSPS) is 6.18. The van der Waals surface area contributed by atoms with Crippen LogP contribution < -0.4 is 0 Å². The van der Waals surface area contributed by atoms with Crippen molar-refractivity contribution in [3.05, 3.63) is 30.3 Å². The average molecular weight is 153 g/mol. The van der Waals surface area contributed by atoms with Crippen LogP contribution in [-0.4, -0.2) is 11.2 Å². The van der Waals surface area contributed by atoms with E-state index >= 15 is 0 Å². The molecule has 0 saturated heterocycles. The number of phenols is 1. The molecule has 1 rings (SSSR count). The zero-order chi connectivity index (χ0) is 7.82. The molecule has 0 atom stereocenters. The van der Waals surface area contributed by atoms with Crippen molar-refractivity contribution >= 4 is 6.08 Å². The Morgan fingerprint density at radius 2 is 1.64 bits per heavy atom. The highest BCUT2D eigenvalue weighted by atomic mass is 16.3. The van der Waals surface area contributed by atoms with E-state index in [4.69, 9.17) is 15.3 Å². The Kier molecular flexibility index (Phi) is 9.25. The number of para-hydroxylation sites is 1. The Labute approximate surface area is 65.8 Å². The van der Waals surface area contributed by atoms with E-state index in [1.807, 2.05) is 6.07 Å². The van der Waals surface area contributed by atoms with E-state index in [1.54, 1.807) is 24.3 Å². The number of hydrogen-bond donors (Lipinski definition) is 2. The predicted octanol–water partition coefficient (Wildman–Crippen LogP) is 1.93. The van der Waals surface area contributed by atoms with Crippen LogP contribution in [0.25, 0.3) is 0 Å². The van der Waals surface area contributed by atoms with Crippen LogP contribution in [0.2, 0.25) is 0 Å². The van der Waals surface area contributed by atoms with Gasteiger partial charge < -0.3 is 5.11 Å². The van der Waals surface area contributed by atoms with Crippen molar-refractivity contribution in [2.45, 2.75) is 7.43 Å². The first-order valence-corrected chi connectivity index (χ1v) is 2.59. The third kappa shape index (κ3) is 8.40. The lowest BCUT2D eigenvalue weighted by Crippen LogP contribution is -1.56. The molecular weight excluding hydrogens is 142 g/mol. The van der Waals surface area contributed by atoms with Crippen molar-refractivity contribution in [2.24, 2.45) is 0 Å². The summed E-state index contributed by atoms with van der Waals surface area (Å²) in [5.74, 6) is 0.322. The van der Waals surface area contributed by atoms with Crippen molar-refractivity contribution < 1.29 is 9.90 Å². The molecule has 60 valence electrons. The third-order valence-electron chi connectivity index (χ3n) is 0.756. The van der Waals surface area contributed by atoms with Gasteiger partial charge in [-0.05, 0) is 12.1 Å². The van der Waals surface area contributed by atoms with Gasteiger partial charge in [-0.3, -0.25) is 0 Å². The maximum atomic E-state index is 8.63. The van der Waals surface area contributed by atoms with Gasteiger partial charge in [0.1, 0.15) is 5.75 Å². The van der Waals surface area contributed by atoms with Gasteiger partial charge in [-0.15, -0.1) is 0 Å². The summed E-state index contributed by atoms with van der Waals surface area (Å²) < 4.78 is 0. The Bertz CT molecular complexity index is 203. The Balaban J connectivity index is 0. The fraction of sp³-hybridized carbons (Fsp3) is 0.125. The van der Waals surface area contributed by atoms with Crippen molar-refractivity contribution in [2.75, 3.05) is 0 Å². The molecule has 0 saturated carbocycles. The summed E-state index contributed by atoms with van der Waals surface area (Å²) in [5.41, 5.74) is 0. The molecule has 0 bridgehead atoms. The highest BCUT2D eigenvalue weighted by Gasteiger charge is 1.74. The first-order valence-electron chi connectivity index (χ1n) is 2.59. The van der Waals surface area contributed by atoms with Gasteiger partial charge in [-0.25, -0.2) is 10.2 Å². The fourth-order valence-corrected chi connectivity index (χ4v) is 0.428. The number of nitrogens with one attached hydrogen (secondary N) is 1. The minimum absolute atomic E-state index is 0. The number of hydrogen-bond acceptors (Lipinski definition) is 3. The minimum Gasteiger partial charge on any atom is -0.508 e. The largest absolute Gasteiger partial charge is 0.508 e. The van der Waals surface area contributed by atoms with Gasteiger partial charge in [0.2, 0.25) is 6.08 Å². The Morgan fingerprint density at radius 3 is 1.82 bits per heavy atom. The molecule has 0 aliphatic heterocycles. The van der Waals surface area contributed by atoms with E-state index in [-0.39, 0.29) is 7.43 Å². The van der Waals surface area contributed by atoms with Crippen LogP contribution in [0.1, 0.15) is 7.43 Å². The van der Waals surface area contributed by atoms with Crippen LogP contribution >= 0.6 is 0 Å². The van der Waals surface area contributed by atoms with E-state index in [9.17, 15) is 0 Å². The van der Waals surface area contributed by atoms with E-state index in [2.05, 4.69) is 0 Å². The lowest BCUT2D eigenvalue weighted by molar-refractivity contribution is 0.475. The second-order valence-corrected chi connectivity index (χ2v) is 1.44. The Morgan fingerprint density at radius 1 is 1.27 bits per heavy atom. The molecule has 0 heterocycles. The van der Waals surface area contributed by atoms with Crippen LogP contribution in [0, 0.1) is 5.41 Å². The van der Waals surface area contributed by atoms with Crippen LogP contribution in [0.15, 0.2) is 30.3 Å². The summed E-state index contributed by atoms with van der Waals surface area (Å²) in [5, 5.41) is 14.0. The van der Waals surface area contributed by atoms with Gasteiger partial charge in [0.25, 0.3) is 0 Å². The van der Waals surface area contributed by atoms with E-state index in [1.165, 1.54) is 0 Å². The van der Waals surface area contributed by atoms with Crippen LogP contribution in [0.4, 0.5) is 0 Å². The zero-order valence-electron chi connectivity index (χ0n) is 5.24. The molecule has 0 aliphatic carbocycles. The second kappa shape index (κ2) is 8.40. The summed E-state index contributed by atoms with van der Waals surface area (Å²) in [7, 11) is 0. The van der Waals surface area contributed by atoms with Crippen molar-refractivity contribution in [3.8, 4) is 5.75 Å². The standard InChI is InChI=1S/C6H6O.CHNO.CH4/c7-6-4-2-1-3-5-6;2-1-3;/h1-5,7H;2H;1H4. The number of benzene rings is 1. The number of aromatic hydroxyl groups is 1. The molecule has 3 heteroatoms. The molecule has 0 aliphatic rings. The maximum Gasteiger partial charge on any atom is 0.231 e. The molecule has 0 fully saturated rings. The van der Waals surface area contributed by atoms with Crippen LogP contribution in [-0.2, 0) is 4.79 Å². The lowest BCUT2D eigenvalue weighted by Gasteiger charge is -1.82. The monoisotopic (exact) mass is 153 g/mol. The third-order valence-corrected chi connectivity index (χ3v) is 0.756. The van der Waals surface area contributed by atoms with Gasteiger partial charge in [0, 0.05) is 0 Å². The predicted molar refractivity (Wildman–Crippen MR) is 43.3 cm³/mol. The van der Waals surface area contributed by atoms with Crippen LogP contribution in [0.3, 0.4) is 0 Å². The molecule has 2 N–H and O–H groups in total. The number of rotatable bonds is 0. The SMILES string of the molecule is C.N=C=O.Oc1ccccc1. The second-order valence-electron chi connectivity index (χ2n) is 1.44. The molecule has 11 heavy (non-hydrogen) atoms. The summed E-state index contributed by atoms with van der Waals surface area (Å²) in [6.07, 6.45) is 0.750. The number of carbonyl (C=O) groups excluding carboxylic acids is 1. The summed E-state index contributed by atoms with van der Waals surface area (Å²) >= 11 is 0. The van der Waals surface area contributed by atoms with Crippen molar-refractivity contribution in [1.29, 1.82) is 5.41 Å². The number of phenolic OH excluding ortho intramolecular Hbond substituents is 1. The molecule has 0 amide bonds. The van der Waals surface area contributed by atoms with E-state index in [0.29, 0.717) is 5.75 Å². The average Bonchev–Trinajstić information content (AvgIpc) is 1.91. The molecule has 1 aromatic carbocycles. The molecule has 1 aromatic rings. The van der Waals surface area contributed by atoms with Gasteiger partial charge in [-0.1, -0.05) is 25.6 Å². The van der Waals surface area contributed by atoms with Crippen LogP contribution in [0.5, 0.6) is 5.75 Å². The maximum absolute atomic E-state index is 8.63. The zero-order valence-corrected chi connectivity index (χ0v) is 5.24. The fourth-order valence-electron chi connectivity index (χ4n) is 0.428. The van der Waals surface area contributed by atoms with Gasteiger partial charge >= 0.3 is 0 Å². The molecule has 0 radical (unpaired) electrons. The minimum atomic E-state index is 0. The molecule has 3 nitrogen and oxygen atoms in total. The van der Waals surface area contributed by atoms with Gasteiger partial charge in [-0.2, -0.15) is 0 Å². The van der Waals surface area contributed by atoms with Gasteiger partial charge in [0.15, 0.2) is 0 Å². The topological polar surface area (TPSA) is 61.2 Å². The molecule has 0 aromatic heterocycles. The quantitative estimate of drug-likeness (QED) is 0.442. The smallest absolute Gasteiger partial charge is 0.231 e. The lowest BCUT2D eigenvalue weighted by atomic mass is 10.3. The van der Waals surface area contributed by atoms with Crippen molar-refractivity contribution in [3.63, 3.8) is 0 Å². The number of isocyanates is 1. The van der Waals surface area contributed by atoms with Crippen molar-refractivity contribution in [1.82, 2.24) is 0 Å². The first kappa shape index (κ1) is 12.1. The summed E-state index contributed by atoms with van der Waals surface area (Å²) in [6, 6.07) is 8.71. The molecule has 0 spiro atoms. The summed E-state index contributed by atoms with van der Waals surface area (Å²) in [4.78, 5) is 8.35. The highest BCUT2D eigenvalue weighted by Crippen LogP contribution is 2.02. The molecule has 0 unspecified atom stereocenters. The van der Waals surface area contributed by atoms with E-state index in [0.717, 1.165) is 6.08 Å². The Hall–Kier alpha value is -1.60. The van der Waals surface area contributed by atoms with Gasteiger partial charge in [0.05, 0.1) is 0 Å². The highest BCUT2D eigenvalue weighted by molar-refractivity contribution is 5.26.